The summed E-state index contributed by atoms with van der Waals surface area (Å²) in [5.74, 6) is -6.23. The highest BCUT2D eigenvalue weighted by Gasteiger charge is 2.22. The van der Waals surface area contributed by atoms with Gasteiger partial charge in [-0.15, -0.1) is 0 Å². The molecule has 0 fully saturated rings. The second-order valence-corrected chi connectivity index (χ2v) is 12.2. The highest BCUT2D eigenvalue weighted by atomic mass is 16.4. The number of likely N-dealkylation sites (N-methyl/N-ethyl adjacent to an activating group) is 6. The van der Waals surface area contributed by atoms with Crippen molar-refractivity contribution in [1.29, 1.82) is 0 Å². The van der Waals surface area contributed by atoms with Crippen LogP contribution < -0.4 is 21.3 Å². The van der Waals surface area contributed by atoms with Gasteiger partial charge in [0.25, 0.3) is 0 Å². The number of nitrogens with one attached hydrogen (secondary N) is 4. The molecule has 288 valence electrons. The first-order valence-corrected chi connectivity index (χ1v) is 15.8. The number of nitrogens with zero attached hydrogens (tertiary/aromatic N) is 6. The molecule has 0 spiro atoms. The van der Waals surface area contributed by atoms with Gasteiger partial charge in [-0.05, 0) is 12.5 Å². The van der Waals surface area contributed by atoms with Crippen LogP contribution in [0, 0.1) is 5.92 Å². The van der Waals surface area contributed by atoms with Crippen LogP contribution in [0.5, 0.6) is 0 Å². The van der Waals surface area contributed by atoms with Crippen molar-refractivity contribution >= 4 is 59.1 Å². The Morgan fingerprint density at radius 3 is 1.00 bits per heavy atom. The summed E-state index contributed by atoms with van der Waals surface area (Å²) >= 11 is 0. The topological polar surface area (TPSA) is 258 Å². The van der Waals surface area contributed by atoms with Crippen molar-refractivity contribution in [2.24, 2.45) is 5.92 Å². The number of hydrogen-bond donors (Lipinski definition) is 5. The molecule has 0 radical (unpaired) electrons. The molecular weight excluding hydrogens is 676 g/mol. The zero-order chi connectivity index (χ0) is 39.4. The Labute approximate surface area is 296 Å². The maximum atomic E-state index is 12.6. The maximum Gasteiger partial charge on any atom is 0.322 e. The first-order valence-electron chi connectivity index (χ1n) is 15.8. The first kappa shape index (κ1) is 45.7. The molecule has 9 amide bonds. The fourth-order valence-electron chi connectivity index (χ4n) is 3.71. The summed E-state index contributed by atoms with van der Waals surface area (Å²) in [5, 5.41) is 18.4. The van der Waals surface area contributed by atoms with Crippen LogP contribution in [0.4, 0.5) is 0 Å². The molecule has 0 saturated carbocycles. The van der Waals surface area contributed by atoms with Crippen molar-refractivity contribution in [3.8, 4) is 0 Å². The average Bonchev–Trinajstić information content (AvgIpc) is 3.04. The van der Waals surface area contributed by atoms with Gasteiger partial charge in [-0.1, -0.05) is 13.8 Å². The van der Waals surface area contributed by atoms with Crippen LogP contribution in [-0.2, 0) is 47.9 Å². The molecule has 0 heterocycles. The zero-order valence-corrected chi connectivity index (χ0v) is 30.6. The van der Waals surface area contributed by atoms with Crippen molar-refractivity contribution in [2.45, 2.75) is 13.8 Å². The summed E-state index contributed by atoms with van der Waals surface area (Å²) in [6.07, 6.45) is 0. The number of carbonyl (C=O) groups is 10. The van der Waals surface area contributed by atoms with Crippen LogP contribution >= 0.6 is 0 Å². The van der Waals surface area contributed by atoms with Gasteiger partial charge >= 0.3 is 5.97 Å². The Balaban J connectivity index is 4.55. The molecular formula is C30H52N10O11. The summed E-state index contributed by atoms with van der Waals surface area (Å²) in [7, 11) is 8.06. The van der Waals surface area contributed by atoms with E-state index in [9.17, 15) is 47.9 Å². The van der Waals surface area contributed by atoms with E-state index in [1.54, 1.807) is 0 Å². The Kier molecular flexibility index (Phi) is 20.7. The smallest absolute Gasteiger partial charge is 0.322 e. The molecule has 0 aliphatic heterocycles. The van der Waals surface area contributed by atoms with Crippen LogP contribution in [0.15, 0.2) is 0 Å². The van der Waals surface area contributed by atoms with Gasteiger partial charge in [-0.25, -0.2) is 0 Å². The van der Waals surface area contributed by atoms with E-state index in [1.165, 1.54) is 47.2 Å². The Morgan fingerprint density at radius 1 is 0.431 bits per heavy atom. The normalized spacial score (nSPS) is 10.4. The van der Waals surface area contributed by atoms with Crippen molar-refractivity contribution < 1.29 is 53.1 Å². The van der Waals surface area contributed by atoms with E-state index in [0.29, 0.717) is 12.5 Å². The third kappa shape index (κ3) is 20.1. The van der Waals surface area contributed by atoms with Crippen molar-refractivity contribution in [3.63, 3.8) is 0 Å². The Bertz CT molecular complexity index is 1290. The van der Waals surface area contributed by atoms with Gasteiger partial charge in [0, 0.05) is 42.3 Å². The Hall–Kier alpha value is -5.34. The van der Waals surface area contributed by atoms with Gasteiger partial charge in [0.2, 0.25) is 53.2 Å². The van der Waals surface area contributed by atoms with Gasteiger partial charge in [0.15, 0.2) is 0 Å². The van der Waals surface area contributed by atoms with E-state index in [-0.39, 0.29) is 25.5 Å². The quantitative estimate of drug-likeness (QED) is 0.0700. The molecule has 0 aliphatic carbocycles. The van der Waals surface area contributed by atoms with E-state index in [1.807, 2.05) is 13.8 Å². The summed E-state index contributed by atoms with van der Waals surface area (Å²) in [5.41, 5.74) is 0. The van der Waals surface area contributed by atoms with Gasteiger partial charge in [-0.2, -0.15) is 0 Å². The molecule has 0 rings (SSSR count). The van der Waals surface area contributed by atoms with Crippen molar-refractivity contribution in [3.05, 3.63) is 0 Å². The molecule has 0 atom stereocenters. The lowest BCUT2D eigenvalue weighted by atomic mass is 10.2. The third-order valence-electron chi connectivity index (χ3n) is 6.95. The molecule has 0 bridgehead atoms. The lowest BCUT2D eigenvalue weighted by molar-refractivity contribution is -0.142. The molecule has 21 heteroatoms. The lowest BCUT2D eigenvalue weighted by Crippen LogP contribution is -2.49. The predicted molar refractivity (Wildman–Crippen MR) is 180 cm³/mol. The minimum atomic E-state index is -1.25. The minimum Gasteiger partial charge on any atom is -0.480 e. The van der Waals surface area contributed by atoms with Crippen LogP contribution in [0.2, 0.25) is 0 Å². The molecule has 51 heavy (non-hydrogen) atoms. The monoisotopic (exact) mass is 728 g/mol. The SMILES string of the molecule is CC(C)CNCC(=O)N(C)CC(=O)N(C)CC(=O)NCC(=O)N(C)CC(=O)N(C)CC(=O)NCC(=O)N(C)CC(=O)N(C)CC(=O)NCC(=O)O. The Morgan fingerprint density at radius 2 is 0.706 bits per heavy atom. The van der Waals surface area contributed by atoms with E-state index in [2.05, 4.69) is 21.3 Å². The third-order valence-corrected chi connectivity index (χ3v) is 6.95. The summed E-state index contributed by atoms with van der Waals surface area (Å²) < 4.78 is 0. The number of carbonyl (C=O) groups excluding carboxylic acids is 9. The number of rotatable bonds is 22. The fraction of sp³-hybridized carbons (Fsp3) is 0.667. The first-order chi connectivity index (χ1) is 23.6. The number of aliphatic carboxylic acids is 1. The molecule has 0 aromatic heterocycles. The van der Waals surface area contributed by atoms with Gasteiger partial charge in [-0.3, -0.25) is 47.9 Å². The maximum absolute atomic E-state index is 12.6. The number of hydrogen-bond acceptors (Lipinski definition) is 11. The summed E-state index contributed by atoms with van der Waals surface area (Å²) in [4.78, 5) is 128. The summed E-state index contributed by atoms with van der Waals surface area (Å²) in [6, 6.07) is 0. The number of carboxylic acid groups (broad SMARTS) is 1. The van der Waals surface area contributed by atoms with E-state index >= 15 is 0 Å². The van der Waals surface area contributed by atoms with Crippen LogP contribution in [0.1, 0.15) is 13.8 Å². The van der Waals surface area contributed by atoms with E-state index in [4.69, 9.17) is 5.11 Å². The van der Waals surface area contributed by atoms with Crippen molar-refractivity contribution in [2.75, 3.05) is 114 Å². The molecule has 0 saturated heterocycles. The van der Waals surface area contributed by atoms with Gasteiger partial charge < -0.3 is 55.8 Å². The number of carboxylic acids is 1. The van der Waals surface area contributed by atoms with Crippen LogP contribution in [0.25, 0.3) is 0 Å². The molecule has 21 nitrogen and oxygen atoms in total. The molecule has 0 unspecified atom stereocenters. The molecule has 0 aromatic rings. The van der Waals surface area contributed by atoms with Gasteiger partial charge in [0.05, 0.1) is 58.9 Å². The van der Waals surface area contributed by atoms with E-state index in [0.717, 1.165) is 24.5 Å². The zero-order valence-electron chi connectivity index (χ0n) is 30.6. The van der Waals surface area contributed by atoms with Crippen LogP contribution in [-0.4, -0.2) is 208 Å². The molecule has 0 aliphatic rings. The molecule has 5 N–H and O–H groups in total. The van der Waals surface area contributed by atoms with Crippen LogP contribution in [0.3, 0.4) is 0 Å². The average molecular weight is 729 g/mol. The van der Waals surface area contributed by atoms with Gasteiger partial charge in [0.1, 0.15) is 6.54 Å². The predicted octanol–water partition coefficient (Wildman–Crippen LogP) is -5.58. The second kappa shape index (κ2) is 23.1. The highest BCUT2D eigenvalue weighted by Crippen LogP contribution is 1.95. The minimum absolute atomic E-state index is 0.0713. The molecule has 0 aromatic carbocycles. The lowest BCUT2D eigenvalue weighted by Gasteiger charge is -2.23. The second-order valence-electron chi connectivity index (χ2n) is 12.2. The largest absolute Gasteiger partial charge is 0.480 e. The highest BCUT2D eigenvalue weighted by molar-refractivity contribution is 5.93. The summed E-state index contributed by atoms with van der Waals surface area (Å²) in [6.45, 7) is 0.750. The number of amides is 9. The van der Waals surface area contributed by atoms with E-state index < -0.39 is 99.0 Å². The fourth-order valence-corrected chi connectivity index (χ4v) is 3.71. The standard InChI is InChI=1S/C30H52N10O11/c1-20(2)9-31-10-24(44)38(6)17-27(47)35(3)14-21(41)32-11-25(45)39(7)18-28(48)36(4)15-22(42)33-12-26(46)40(8)19-29(49)37(5)16-23(43)34-13-30(50)51/h20,31H,9-19H2,1-8H3,(H,32,41)(H,33,42)(H,34,43)(H,50,51). The van der Waals surface area contributed by atoms with Crippen molar-refractivity contribution in [1.82, 2.24) is 50.7 Å².